The lowest BCUT2D eigenvalue weighted by molar-refractivity contribution is -0.133. The zero-order chi connectivity index (χ0) is 15.0. The number of rotatable bonds is 2. The topological polar surface area (TPSA) is 78.4 Å². The van der Waals surface area contributed by atoms with Crippen LogP contribution in [-0.4, -0.2) is 17.1 Å². The summed E-state index contributed by atoms with van der Waals surface area (Å²) in [5.74, 6) is -1.04. The molecule has 3 rings (SSSR count). The first-order valence-electron chi connectivity index (χ1n) is 6.56. The lowest BCUT2D eigenvalue weighted by atomic mass is 9.94. The summed E-state index contributed by atoms with van der Waals surface area (Å²) in [6.07, 6.45) is 0. The Labute approximate surface area is 121 Å². The van der Waals surface area contributed by atoms with E-state index in [9.17, 15) is 14.7 Å². The Morgan fingerprint density at radius 1 is 1.14 bits per heavy atom. The fraction of sp³-hybridized carbons (Fsp3) is 0.125. The minimum absolute atomic E-state index is 0.157. The number of urea groups is 1. The third-order valence-corrected chi connectivity index (χ3v) is 3.61. The summed E-state index contributed by atoms with van der Waals surface area (Å²) in [5.41, 5.74) is 1.27. The van der Waals surface area contributed by atoms with Crippen molar-refractivity contribution in [2.24, 2.45) is 0 Å². The van der Waals surface area contributed by atoms with E-state index in [1.165, 1.54) is 0 Å². The third-order valence-electron chi connectivity index (χ3n) is 3.61. The number of carboxylic acid groups (broad SMARTS) is 1. The van der Waals surface area contributed by atoms with E-state index in [2.05, 4.69) is 10.6 Å². The van der Waals surface area contributed by atoms with E-state index in [1.807, 2.05) is 42.5 Å². The quantitative estimate of drug-likeness (QED) is 0.792. The van der Waals surface area contributed by atoms with Gasteiger partial charge in [0.1, 0.15) is 0 Å². The fourth-order valence-corrected chi connectivity index (χ4v) is 2.61. The molecule has 1 atom stereocenters. The number of aliphatic carboxylic acids is 1. The number of hydrogen-bond acceptors (Lipinski definition) is 2. The van der Waals surface area contributed by atoms with Crippen LogP contribution in [0.5, 0.6) is 0 Å². The molecule has 5 nitrogen and oxygen atoms in total. The summed E-state index contributed by atoms with van der Waals surface area (Å²) in [6, 6.07) is 12.4. The van der Waals surface area contributed by atoms with E-state index in [0.29, 0.717) is 5.70 Å². The zero-order valence-corrected chi connectivity index (χ0v) is 11.4. The molecule has 0 radical (unpaired) electrons. The van der Waals surface area contributed by atoms with E-state index in [0.717, 1.165) is 16.3 Å². The molecule has 0 aromatic heterocycles. The Kier molecular flexibility index (Phi) is 3.10. The van der Waals surface area contributed by atoms with Crippen LogP contribution in [0, 0.1) is 0 Å². The van der Waals surface area contributed by atoms with Gasteiger partial charge in [0.15, 0.2) is 0 Å². The van der Waals surface area contributed by atoms with E-state index in [1.54, 1.807) is 6.92 Å². The predicted molar refractivity (Wildman–Crippen MR) is 78.7 cm³/mol. The molecule has 0 saturated heterocycles. The molecule has 2 aromatic carbocycles. The number of nitrogens with one attached hydrogen (secondary N) is 2. The molecule has 21 heavy (non-hydrogen) atoms. The molecule has 5 heteroatoms. The van der Waals surface area contributed by atoms with Crippen LogP contribution < -0.4 is 10.6 Å². The highest BCUT2D eigenvalue weighted by Gasteiger charge is 2.30. The van der Waals surface area contributed by atoms with E-state index < -0.39 is 18.0 Å². The zero-order valence-electron chi connectivity index (χ0n) is 11.4. The number of allylic oxidation sites excluding steroid dienone is 1. The van der Waals surface area contributed by atoms with Crippen molar-refractivity contribution in [3.8, 4) is 0 Å². The number of amides is 2. The molecule has 1 heterocycles. The highest BCUT2D eigenvalue weighted by Crippen LogP contribution is 2.28. The van der Waals surface area contributed by atoms with Gasteiger partial charge in [-0.3, -0.25) is 0 Å². The highest BCUT2D eigenvalue weighted by molar-refractivity contribution is 5.94. The molecule has 0 spiro atoms. The Balaban J connectivity index is 2.13. The number of carbonyl (C=O) groups excluding carboxylic acids is 1. The summed E-state index contributed by atoms with van der Waals surface area (Å²) in [5, 5.41) is 16.6. The molecular weight excluding hydrogens is 268 g/mol. The molecule has 1 aliphatic rings. The fourth-order valence-electron chi connectivity index (χ4n) is 2.61. The molecule has 3 N–H and O–H groups in total. The predicted octanol–water partition coefficient (Wildman–Crippen LogP) is 2.55. The number of carboxylic acids is 1. The average Bonchev–Trinajstić information content (AvgIpc) is 2.45. The van der Waals surface area contributed by atoms with Gasteiger partial charge in [-0.15, -0.1) is 0 Å². The normalized spacial score (nSPS) is 18.3. The molecule has 0 aliphatic carbocycles. The molecule has 1 aliphatic heterocycles. The summed E-state index contributed by atoms with van der Waals surface area (Å²) in [4.78, 5) is 23.1. The first kappa shape index (κ1) is 13.2. The molecule has 106 valence electrons. The van der Waals surface area contributed by atoms with Crippen molar-refractivity contribution in [1.82, 2.24) is 10.6 Å². The van der Waals surface area contributed by atoms with Gasteiger partial charge in [0, 0.05) is 5.70 Å². The van der Waals surface area contributed by atoms with Crippen molar-refractivity contribution in [3.63, 3.8) is 0 Å². The second kappa shape index (κ2) is 4.94. The largest absolute Gasteiger partial charge is 0.478 e. The summed E-state index contributed by atoms with van der Waals surface area (Å²) in [7, 11) is 0. The molecule has 2 aromatic rings. The number of fused-ring (bicyclic) bond motifs is 1. The van der Waals surface area contributed by atoms with Gasteiger partial charge in [-0.1, -0.05) is 36.4 Å². The number of benzene rings is 2. The second-order valence-electron chi connectivity index (χ2n) is 4.98. The maximum Gasteiger partial charge on any atom is 0.335 e. The van der Waals surface area contributed by atoms with Gasteiger partial charge < -0.3 is 15.7 Å². The SMILES string of the molecule is CC1=C(C(=O)O)C(c2ccc3ccccc3c2)NC(=O)N1. The summed E-state index contributed by atoms with van der Waals surface area (Å²) < 4.78 is 0. The van der Waals surface area contributed by atoms with Gasteiger partial charge in [-0.05, 0) is 29.3 Å². The Bertz CT molecular complexity index is 780. The van der Waals surface area contributed by atoms with Gasteiger partial charge in [0.05, 0.1) is 11.6 Å². The number of hydrogen-bond donors (Lipinski definition) is 3. The van der Waals surface area contributed by atoms with Crippen molar-refractivity contribution in [2.45, 2.75) is 13.0 Å². The van der Waals surface area contributed by atoms with Crippen LogP contribution in [0.15, 0.2) is 53.7 Å². The van der Waals surface area contributed by atoms with Crippen LogP contribution in [0.2, 0.25) is 0 Å². The maximum atomic E-state index is 11.6. The standard InChI is InChI=1S/C16H14N2O3/c1-9-13(15(19)20)14(18-16(21)17-9)12-7-6-10-4-2-3-5-11(10)8-12/h2-8,14H,1H3,(H,19,20)(H2,17,18,21). The average molecular weight is 282 g/mol. The lowest BCUT2D eigenvalue weighted by Crippen LogP contribution is -2.45. The minimum atomic E-state index is -1.04. The summed E-state index contributed by atoms with van der Waals surface area (Å²) in [6.45, 7) is 1.59. The van der Waals surface area contributed by atoms with Gasteiger partial charge in [0.2, 0.25) is 0 Å². The first-order valence-corrected chi connectivity index (χ1v) is 6.56. The first-order chi connectivity index (χ1) is 10.1. The monoisotopic (exact) mass is 282 g/mol. The van der Waals surface area contributed by atoms with Gasteiger partial charge in [-0.2, -0.15) is 0 Å². The highest BCUT2D eigenvalue weighted by atomic mass is 16.4. The van der Waals surface area contributed by atoms with Crippen LogP contribution in [0.4, 0.5) is 4.79 Å². The molecule has 1 unspecified atom stereocenters. The minimum Gasteiger partial charge on any atom is -0.478 e. The third kappa shape index (κ3) is 2.33. The Hall–Kier alpha value is -2.82. The number of carbonyl (C=O) groups is 2. The van der Waals surface area contributed by atoms with Crippen molar-refractivity contribution in [2.75, 3.05) is 0 Å². The smallest absolute Gasteiger partial charge is 0.335 e. The van der Waals surface area contributed by atoms with Crippen LogP contribution in [0.25, 0.3) is 10.8 Å². The van der Waals surface area contributed by atoms with Crippen molar-refractivity contribution in [1.29, 1.82) is 0 Å². The van der Waals surface area contributed by atoms with Crippen molar-refractivity contribution >= 4 is 22.8 Å². The van der Waals surface area contributed by atoms with Gasteiger partial charge in [0.25, 0.3) is 0 Å². The van der Waals surface area contributed by atoms with E-state index in [4.69, 9.17) is 0 Å². The Morgan fingerprint density at radius 2 is 1.86 bits per heavy atom. The van der Waals surface area contributed by atoms with E-state index >= 15 is 0 Å². The van der Waals surface area contributed by atoms with Gasteiger partial charge in [-0.25, -0.2) is 9.59 Å². The molecule has 0 saturated carbocycles. The van der Waals surface area contributed by atoms with Crippen LogP contribution in [-0.2, 0) is 4.79 Å². The van der Waals surface area contributed by atoms with Crippen LogP contribution in [0.3, 0.4) is 0 Å². The maximum absolute atomic E-state index is 11.6. The molecule has 0 bridgehead atoms. The van der Waals surface area contributed by atoms with E-state index in [-0.39, 0.29) is 5.57 Å². The van der Waals surface area contributed by atoms with Crippen LogP contribution in [0.1, 0.15) is 18.5 Å². The second-order valence-corrected chi connectivity index (χ2v) is 4.98. The molecular formula is C16H14N2O3. The van der Waals surface area contributed by atoms with Crippen LogP contribution >= 0.6 is 0 Å². The summed E-state index contributed by atoms with van der Waals surface area (Å²) >= 11 is 0. The van der Waals surface area contributed by atoms with Gasteiger partial charge >= 0.3 is 12.0 Å². The molecule has 2 amide bonds. The van der Waals surface area contributed by atoms with Crippen molar-refractivity contribution in [3.05, 3.63) is 59.3 Å². The van der Waals surface area contributed by atoms with Crippen molar-refractivity contribution < 1.29 is 14.7 Å². The molecule has 0 fully saturated rings. The Morgan fingerprint density at radius 3 is 2.57 bits per heavy atom. The lowest BCUT2D eigenvalue weighted by Gasteiger charge is -2.27.